The van der Waals surface area contributed by atoms with Gasteiger partial charge >= 0.3 is 4.46 Å². The highest BCUT2D eigenvalue weighted by atomic mass is 35.5. The van der Waals surface area contributed by atoms with Crippen LogP contribution < -0.4 is 0 Å². The van der Waals surface area contributed by atoms with E-state index in [2.05, 4.69) is 0 Å². The summed E-state index contributed by atoms with van der Waals surface area (Å²) in [7, 11) is 0. The summed E-state index contributed by atoms with van der Waals surface area (Å²) in [6.07, 6.45) is 0. The standard InChI is InChI=1S/C2H2Cl3NO2/c3-1-2(4,5)6(7)8/h1H2. The van der Waals surface area contributed by atoms with Crippen molar-refractivity contribution >= 4 is 34.8 Å². The molecule has 0 saturated carbocycles. The molecule has 0 N–H and O–H groups in total. The number of hydrogen-bond acceptors (Lipinski definition) is 2. The largest absolute Gasteiger partial charge is 0.383 e. The molecule has 0 unspecified atom stereocenters. The lowest BCUT2D eigenvalue weighted by molar-refractivity contribution is -0.510. The molecule has 6 heteroatoms. The van der Waals surface area contributed by atoms with Gasteiger partial charge in [-0.05, 0) is 23.2 Å². The van der Waals surface area contributed by atoms with Crippen LogP contribution in [0.4, 0.5) is 0 Å². The lowest BCUT2D eigenvalue weighted by Crippen LogP contribution is -2.26. The molecule has 0 aliphatic heterocycles. The summed E-state index contributed by atoms with van der Waals surface area (Å²) in [5.41, 5.74) is 0. The minimum atomic E-state index is -2.03. The number of halogens is 3. The van der Waals surface area contributed by atoms with Gasteiger partial charge in [-0.1, -0.05) is 0 Å². The molecule has 0 atom stereocenters. The Labute approximate surface area is 60.7 Å². The van der Waals surface area contributed by atoms with Gasteiger partial charge in [-0.2, -0.15) is 0 Å². The Hall–Kier alpha value is 0.270. The lowest BCUT2D eigenvalue weighted by atomic mass is 10.8. The number of nitro groups is 1. The second-order valence-corrected chi connectivity index (χ2v) is 2.77. The van der Waals surface area contributed by atoms with Crippen molar-refractivity contribution in [3.8, 4) is 0 Å². The van der Waals surface area contributed by atoms with Crippen LogP contribution in [0.1, 0.15) is 0 Å². The molecule has 0 bridgehead atoms. The molecular formula is C2H2Cl3NO2. The van der Waals surface area contributed by atoms with Crippen molar-refractivity contribution in [2.45, 2.75) is 4.46 Å². The molecule has 0 amide bonds. The lowest BCUT2D eigenvalue weighted by Gasteiger charge is -2.03. The maximum Gasteiger partial charge on any atom is 0.383 e. The van der Waals surface area contributed by atoms with Gasteiger partial charge in [0.05, 0.1) is 4.92 Å². The minimum Gasteiger partial charge on any atom is -0.261 e. The zero-order chi connectivity index (χ0) is 6.78. The Morgan fingerprint density at radius 3 is 2.00 bits per heavy atom. The number of hydrogen-bond donors (Lipinski definition) is 0. The first-order valence-electron chi connectivity index (χ1n) is 1.59. The van der Waals surface area contributed by atoms with Gasteiger partial charge in [0.25, 0.3) is 0 Å². The first-order chi connectivity index (χ1) is 3.50. The van der Waals surface area contributed by atoms with E-state index in [1.807, 2.05) is 0 Å². The monoisotopic (exact) mass is 177 g/mol. The highest BCUT2D eigenvalue weighted by Crippen LogP contribution is 2.22. The van der Waals surface area contributed by atoms with E-state index in [-0.39, 0.29) is 0 Å². The van der Waals surface area contributed by atoms with Crippen molar-refractivity contribution in [1.29, 1.82) is 0 Å². The Kier molecular flexibility index (Phi) is 2.80. The van der Waals surface area contributed by atoms with E-state index in [1.165, 1.54) is 0 Å². The van der Waals surface area contributed by atoms with E-state index in [9.17, 15) is 10.1 Å². The Balaban J connectivity index is 3.91. The average molecular weight is 178 g/mol. The summed E-state index contributed by atoms with van der Waals surface area (Å²) in [4.78, 5) is 8.85. The molecule has 0 aromatic carbocycles. The quantitative estimate of drug-likeness (QED) is 0.279. The summed E-state index contributed by atoms with van der Waals surface area (Å²) in [6, 6.07) is 0. The van der Waals surface area contributed by atoms with E-state index in [4.69, 9.17) is 34.8 Å². The molecule has 0 rings (SSSR count). The molecule has 0 saturated heterocycles. The third-order valence-corrected chi connectivity index (χ3v) is 1.63. The second-order valence-electron chi connectivity index (χ2n) is 1.06. The predicted octanol–water partition coefficient (Wildman–Crippen LogP) is 1.63. The Bertz CT molecular complexity index is 103. The van der Waals surface area contributed by atoms with Gasteiger partial charge < -0.3 is 0 Å². The highest BCUT2D eigenvalue weighted by molar-refractivity contribution is 6.49. The topological polar surface area (TPSA) is 43.1 Å². The fourth-order valence-electron chi connectivity index (χ4n) is 0.0488. The number of nitrogens with zero attached hydrogens (tertiary/aromatic N) is 1. The molecule has 0 aliphatic rings. The van der Waals surface area contributed by atoms with Gasteiger partial charge in [0.2, 0.25) is 0 Å². The van der Waals surface area contributed by atoms with Crippen LogP contribution in [0, 0.1) is 10.1 Å². The minimum absolute atomic E-state index is 0.414. The van der Waals surface area contributed by atoms with Crippen LogP contribution in [0.5, 0.6) is 0 Å². The molecule has 0 radical (unpaired) electrons. The number of alkyl halides is 3. The smallest absolute Gasteiger partial charge is 0.261 e. The van der Waals surface area contributed by atoms with Crippen molar-refractivity contribution in [2.75, 3.05) is 5.88 Å². The van der Waals surface area contributed by atoms with Crippen molar-refractivity contribution in [1.82, 2.24) is 0 Å². The molecule has 0 aliphatic carbocycles. The zero-order valence-corrected chi connectivity index (χ0v) is 5.87. The molecule has 48 valence electrons. The highest BCUT2D eigenvalue weighted by Gasteiger charge is 2.36. The van der Waals surface area contributed by atoms with E-state index in [0.717, 1.165) is 0 Å². The van der Waals surface area contributed by atoms with Gasteiger partial charge in [-0.3, -0.25) is 10.1 Å². The first-order valence-corrected chi connectivity index (χ1v) is 2.88. The van der Waals surface area contributed by atoms with Crippen LogP contribution in [0.15, 0.2) is 0 Å². The van der Waals surface area contributed by atoms with Crippen LogP contribution in [0.2, 0.25) is 0 Å². The fraction of sp³-hybridized carbons (Fsp3) is 1.00. The Morgan fingerprint density at radius 2 is 2.00 bits per heavy atom. The van der Waals surface area contributed by atoms with Crippen LogP contribution in [0.25, 0.3) is 0 Å². The van der Waals surface area contributed by atoms with Crippen LogP contribution in [-0.4, -0.2) is 15.3 Å². The van der Waals surface area contributed by atoms with Crippen molar-refractivity contribution < 1.29 is 4.92 Å². The van der Waals surface area contributed by atoms with Gasteiger partial charge in [0, 0.05) is 0 Å². The normalized spacial score (nSPS) is 11.4. The third-order valence-electron chi connectivity index (χ3n) is 0.428. The molecule has 0 aromatic rings. The van der Waals surface area contributed by atoms with E-state index in [1.54, 1.807) is 0 Å². The van der Waals surface area contributed by atoms with E-state index in [0.29, 0.717) is 0 Å². The van der Waals surface area contributed by atoms with Crippen LogP contribution in [-0.2, 0) is 0 Å². The summed E-state index contributed by atoms with van der Waals surface area (Å²) in [6.45, 7) is 0. The number of rotatable bonds is 2. The summed E-state index contributed by atoms with van der Waals surface area (Å²) >= 11 is 15.0. The SMILES string of the molecule is O=[N+]([O-])C(Cl)(Cl)CCl. The third kappa shape index (κ3) is 2.03. The predicted molar refractivity (Wildman–Crippen MR) is 32.2 cm³/mol. The molecule has 0 fully saturated rings. The maximum absolute atomic E-state index is 9.71. The van der Waals surface area contributed by atoms with Crippen molar-refractivity contribution in [2.24, 2.45) is 0 Å². The fourth-order valence-corrected chi connectivity index (χ4v) is 0.146. The van der Waals surface area contributed by atoms with Crippen LogP contribution >= 0.6 is 34.8 Å². The summed E-state index contributed by atoms with van der Waals surface area (Å²) in [5, 5.41) is 9.71. The van der Waals surface area contributed by atoms with Gasteiger partial charge in [-0.15, -0.1) is 11.6 Å². The molecule has 0 aromatic heterocycles. The first kappa shape index (κ1) is 8.27. The van der Waals surface area contributed by atoms with Gasteiger partial charge in [0.15, 0.2) is 0 Å². The molecule has 3 nitrogen and oxygen atoms in total. The zero-order valence-electron chi connectivity index (χ0n) is 3.60. The second kappa shape index (κ2) is 2.71. The maximum atomic E-state index is 9.71. The molecule has 0 heterocycles. The Morgan fingerprint density at radius 1 is 1.62 bits per heavy atom. The molecule has 8 heavy (non-hydrogen) atoms. The summed E-state index contributed by atoms with van der Waals surface area (Å²) < 4.78 is -2.03. The van der Waals surface area contributed by atoms with E-state index >= 15 is 0 Å². The average Bonchev–Trinajstić information content (AvgIpc) is 1.67. The van der Waals surface area contributed by atoms with Gasteiger partial charge in [0.1, 0.15) is 5.88 Å². The molecular weight excluding hydrogens is 176 g/mol. The summed E-state index contributed by atoms with van der Waals surface area (Å²) in [5.74, 6) is -0.414. The van der Waals surface area contributed by atoms with Crippen LogP contribution in [0.3, 0.4) is 0 Å². The van der Waals surface area contributed by atoms with Crippen molar-refractivity contribution in [3.63, 3.8) is 0 Å². The molecule has 0 spiro atoms. The van der Waals surface area contributed by atoms with Crippen molar-refractivity contribution in [3.05, 3.63) is 10.1 Å². The van der Waals surface area contributed by atoms with E-state index < -0.39 is 15.3 Å². The van der Waals surface area contributed by atoms with Gasteiger partial charge in [-0.25, -0.2) is 0 Å².